The summed E-state index contributed by atoms with van der Waals surface area (Å²) in [4.78, 5) is 4.28. The lowest BCUT2D eigenvalue weighted by molar-refractivity contribution is -0.137. The highest BCUT2D eigenvalue weighted by atomic mass is 79.9. The summed E-state index contributed by atoms with van der Waals surface area (Å²) in [6.45, 7) is 0. The summed E-state index contributed by atoms with van der Waals surface area (Å²) in [6, 6.07) is 2.21. The SMILES string of the molecule is FC(F)(F)c1cc(Br)c2c(c1)N=C1CC=CC=C12. The van der Waals surface area contributed by atoms with E-state index >= 15 is 0 Å². The van der Waals surface area contributed by atoms with Gasteiger partial charge in [-0.25, -0.2) is 0 Å². The van der Waals surface area contributed by atoms with Crippen molar-refractivity contribution in [2.24, 2.45) is 4.99 Å². The number of halogens is 4. The van der Waals surface area contributed by atoms with Gasteiger partial charge in [0, 0.05) is 22.0 Å². The lowest BCUT2D eigenvalue weighted by Crippen LogP contribution is -2.05. The van der Waals surface area contributed by atoms with E-state index in [0.29, 0.717) is 16.6 Å². The first-order valence-corrected chi connectivity index (χ1v) is 6.12. The van der Waals surface area contributed by atoms with Gasteiger partial charge in [0.1, 0.15) is 0 Å². The van der Waals surface area contributed by atoms with Crippen LogP contribution in [0, 0.1) is 0 Å². The van der Waals surface area contributed by atoms with Gasteiger partial charge in [-0.1, -0.05) is 34.2 Å². The maximum Gasteiger partial charge on any atom is 0.416 e. The number of alkyl halides is 3. The minimum atomic E-state index is -4.35. The van der Waals surface area contributed by atoms with Crippen LogP contribution in [0.4, 0.5) is 18.9 Å². The number of benzene rings is 1. The van der Waals surface area contributed by atoms with E-state index in [0.717, 1.165) is 29.0 Å². The molecule has 1 aromatic carbocycles. The average Bonchev–Trinajstić information content (AvgIpc) is 2.66. The van der Waals surface area contributed by atoms with Crippen LogP contribution < -0.4 is 0 Å². The number of hydrogen-bond acceptors (Lipinski definition) is 1. The molecule has 92 valence electrons. The summed E-state index contributed by atoms with van der Waals surface area (Å²) in [5.41, 5.74) is 2.20. The molecule has 1 nitrogen and oxygen atoms in total. The fourth-order valence-corrected chi connectivity index (χ4v) is 2.80. The Hall–Kier alpha value is -1.36. The second-order valence-electron chi connectivity index (χ2n) is 4.12. The third-order valence-corrected chi connectivity index (χ3v) is 3.57. The Balaban J connectivity index is 2.20. The van der Waals surface area contributed by atoms with Crippen LogP contribution in [-0.4, -0.2) is 5.71 Å². The van der Waals surface area contributed by atoms with Crippen LogP contribution in [-0.2, 0) is 6.18 Å². The Bertz CT molecular complexity index is 624. The largest absolute Gasteiger partial charge is 0.416 e. The van der Waals surface area contributed by atoms with Gasteiger partial charge in [0.15, 0.2) is 0 Å². The second-order valence-corrected chi connectivity index (χ2v) is 4.98. The van der Waals surface area contributed by atoms with Crippen LogP contribution in [0.25, 0.3) is 5.57 Å². The quantitative estimate of drug-likeness (QED) is 0.646. The van der Waals surface area contributed by atoms with Crippen molar-refractivity contribution >= 4 is 32.9 Å². The molecule has 0 saturated carbocycles. The molecule has 1 aromatic rings. The summed E-state index contributed by atoms with van der Waals surface area (Å²) < 4.78 is 38.6. The minimum absolute atomic E-state index is 0.390. The van der Waals surface area contributed by atoms with Gasteiger partial charge < -0.3 is 0 Å². The molecule has 0 radical (unpaired) electrons. The van der Waals surface area contributed by atoms with Crippen LogP contribution in [0.15, 0.2) is 39.8 Å². The standard InChI is InChI=1S/C13H7BrF3N/c14-9-5-7(13(15,16)17)6-11-12(9)8-3-1-2-4-10(8)18-11/h1-3,5-6H,4H2. The van der Waals surface area contributed by atoms with Crippen LogP contribution in [0.2, 0.25) is 0 Å². The second kappa shape index (κ2) is 3.82. The molecule has 2 aliphatic rings. The third kappa shape index (κ3) is 1.73. The minimum Gasteiger partial charge on any atom is -0.252 e. The van der Waals surface area contributed by atoms with Crippen LogP contribution in [0.3, 0.4) is 0 Å². The van der Waals surface area contributed by atoms with Gasteiger partial charge in [-0.15, -0.1) is 0 Å². The van der Waals surface area contributed by atoms with Crippen molar-refractivity contribution in [3.8, 4) is 0 Å². The van der Waals surface area contributed by atoms with E-state index in [2.05, 4.69) is 20.9 Å². The first kappa shape index (κ1) is 11.7. The number of rotatable bonds is 0. The topological polar surface area (TPSA) is 12.4 Å². The van der Waals surface area contributed by atoms with Crippen molar-refractivity contribution in [3.63, 3.8) is 0 Å². The lowest BCUT2D eigenvalue weighted by Gasteiger charge is -2.11. The first-order valence-electron chi connectivity index (χ1n) is 5.32. The van der Waals surface area contributed by atoms with Crippen LogP contribution in [0.5, 0.6) is 0 Å². The zero-order valence-electron chi connectivity index (χ0n) is 9.05. The van der Waals surface area contributed by atoms with Crippen molar-refractivity contribution in [1.29, 1.82) is 0 Å². The van der Waals surface area contributed by atoms with Crippen molar-refractivity contribution in [3.05, 3.63) is 46.0 Å². The Labute approximate surface area is 110 Å². The average molecular weight is 314 g/mol. The summed E-state index contributed by atoms with van der Waals surface area (Å²) in [6.07, 6.45) is 2.03. The van der Waals surface area contributed by atoms with E-state index in [9.17, 15) is 13.2 Å². The molecule has 0 saturated heterocycles. The summed E-state index contributed by atoms with van der Waals surface area (Å²) >= 11 is 3.21. The molecule has 0 bridgehead atoms. The first-order chi connectivity index (χ1) is 8.47. The molecule has 0 spiro atoms. The maximum atomic E-state index is 12.7. The molecule has 3 rings (SSSR count). The number of fused-ring (bicyclic) bond motifs is 3. The molecule has 0 aromatic heterocycles. The summed E-state index contributed by atoms with van der Waals surface area (Å²) in [7, 11) is 0. The fraction of sp³-hybridized carbons (Fsp3) is 0.154. The highest BCUT2D eigenvalue weighted by Gasteiger charge is 2.34. The van der Waals surface area contributed by atoms with Gasteiger partial charge in [0.05, 0.1) is 17.0 Å². The van der Waals surface area contributed by atoms with E-state index < -0.39 is 11.7 Å². The zero-order chi connectivity index (χ0) is 12.9. The molecule has 5 heteroatoms. The van der Waals surface area contributed by atoms with E-state index in [1.807, 2.05) is 18.2 Å². The van der Waals surface area contributed by atoms with E-state index in [1.165, 1.54) is 0 Å². The van der Waals surface area contributed by atoms with Gasteiger partial charge in [0.2, 0.25) is 0 Å². The molecule has 0 N–H and O–H groups in total. The van der Waals surface area contributed by atoms with E-state index in [1.54, 1.807) is 0 Å². The highest BCUT2D eigenvalue weighted by molar-refractivity contribution is 9.10. The molecule has 1 aliphatic heterocycles. The molecule has 0 amide bonds. The zero-order valence-corrected chi connectivity index (χ0v) is 10.6. The Kier molecular flexibility index (Phi) is 2.48. The Morgan fingerprint density at radius 2 is 2.00 bits per heavy atom. The van der Waals surface area contributed by atoms with Crippen molar-refractivity contribution in [2.75, 3.05) is 0 Å². The molecule has 1 heterocycles. The number of nitrogens with zero attached hydrogens (tertiary/aromatic N) is 1. The van der Waals surface area contributed by atoms with Gasteiger partial charge in [-0.3, -0.25) is 4.99 Å². The number of aliphatic imine (C=N–C) groups is 1. The van der Waals surface area contributed by atoms with Gasteiger partial charge in [-0.2, -0.15) is 13.2 Å². The molecular weight excluding hydrogens is 307 g/mol. The smallest absolute Gasteiger partial charge is 0.252 e. The van der Waals surface area contributed by atoms with Crippen LogP contribution in [0.1, 0.15) is 17.5 Å². The predicted octanol–water partition coefficient (Wildman–Crippen LogP) is 4.90. The fourth-order valence-electron chi connectivity index (χ4n) is 2.14. The highest BCUT2D eigenvalue weighted by Crippen LogP contribution is 2.45. The molecular formula is C13H7BrF3N. The summed E-state index contributed by atoms with van der Waals surface area (Å²) in [5.74, 6) is 0. The third-order valence-electron chi connectivity index (χ3n) is 2.94. The Morgan fingerprint density at radius 3 is 2.72 bits per heavy atom. The predicted molar refractivity (Wildman–Crippen MR) is 68.0 cm³/mol. The monoisotopic (exact) mass is 313 g/mol. The van der Waals surface area contributed by atoms with E-state index in [4.69, 9.17) is 0 Å². The molecule has 0 fully saturated rings. The van der Waals surface area contributed by atoms with Gasteiger partial charge in [-0.05, 0) is 12.1 Å². The summed E-state index contributed by atoms with van der Waals surface area (Å²) in [5, 5.41) is 0. The molecule has 1 aliphatic carbocycles. The van der Waals surface area contributed by atoms with Gasteiger partial charge in [0.25, 0.3) is 0 Å². The maximum absolute atomic E-state index is 12.7. The van der Waals surface area contributed by atoms with E-state index in [-0.39, 0.29) is 0 Å². The number of hydrogen-bond donors (Lipinski definition) is 0. The molecule has 18 heavy (non-hydrogen) atoms. The normalized spacial score (nSPS) is 17.1. The lowest BCUT2D eigenvalue weighted by atomic mass is 9.96. The molecule has 0 atom stereocenters. The van der Waals surface area contributed by atoms with Crippen molar-refractivity contribution in [1.82, 2.24) is 0 Å². The molecule has 0 unspecified atom stereocenters. The van der Waals surface area contributed by atoms with Crippen molar-refractivity contribution < 1.29 is 13.2 Å². The van der Waals surface area contributed by atoms with Crippen molar-refractivity contribution in [2.45, 2.75) is 12.6 Å². The number of allylic oxidation sites excluding steroid dienone is 4. The van der Waals surface area contributed by atoms with Crippen LogP contribution >= 0.6 is 15.9 Å². The van der Waals surface area contributed by atoms with Gasteiger partial charge >= 0.3 is 6.18 Å². The Morgan fingerprint density at radius 1 is 1.22 bits per heavy atom.